The average molecular weight is 300 g/mol. The van der Waals surface area contributed by atoms with E-state index in [1.165, 1.54) is 6.20 Å². The topological polar surface area (TPSA) is 74.7 Å². The van der Waals surface area contributed by atoms with Gasteiger partial charge in [0.05, 0.1) is 24.3 Å². The number of anilines is 1. The number of rotatable bonds is 5. The predicted octanol–water partition coefficient (Wildman–Crippen LogP) is 0.755. The molecule has 0 aliphatic carbocycles. The summed E-state index contributed by atoms with van der Waals surface area (Å²) in [5, 5.41) is 12.5. The van der Waals surface area contributed by atoms with Gasteiger partial charge in [0, 0.05) is 25.9 Å². The number of likely N-dealkylation sites (tertiary alicyclic amines) is 1. The van der Waals surface area contributed by atoms with Gasteiger partial charge in [0.1, 0.15) is 5.82 Å². The van der Waals surface area contributed by atoms with Crippen LogP contribution in [-0.4, -0.2) is 59.8 Å². The van der Waals surface area contributed by atoms with Crippen LogP contribution in [0.5, 0.6) is 0 Å². The minimum atomic E-state index is -0.171. The van der Waals surface area contributed by atoms with Gasteiger partial charge in [0.15, 0.2) is 0 Å². The number of methoxy groups -OCH3 is 1. The molecule has 1 aromatic rings. The van der Waals surface area contributed by atoms with Crippen LogP contribution in [0.2, 0.25) is 5.02 Å². The van der Waals surface area contributed by atoms with Gasteiger partial charge < -0.3 is 15.2 Å². The fraction of sp³-hybridized carbons (Fsp3) is 0.538. The maximum Gasteiger partial charge on any atom is 0.239 e. The second-order valence-electron chi connectivity index (χ2n) is 4.77. The summed E-state index contributed by atoms with van der Waals surface area (Å²) in [7, 11) is 1.64. The van der Waals surface area contributed by atoms with E-state index in [2.05, 4.69) is 10.3 Å². The van der Waals surface area contributed by atoms with Crippen LogP contribution in [0, 0.1) is 0 Å². The summed E-state index contributed by atoms with van der Waals surface area (Å²) in [5.41, 5.74) is 0. The molecule has 0 spiro atoms. The van der Waals surface area contributed by atoms with Crippen LogP contribution in [0.1, 0.15) is 6.42 Å². The molecule has 1 fully saturated rings. The first-order valence-electron chi connectivity index (χ1n) is 6.41. The Morgan fingerprint density at radius 2 is 2.45 bits per heavy atom. The summed E-state index contributed by atoms with van der Waals surface area (Å²) in [5.74, 6) is 0.289. The molecule has 2 atom stereocenters. The van der Waals surface area contributed by atoms with Gasteiger partial charge in [0.2, 0.25) is 5.91 Å². The molecule has 0 saturated carbocycles. The fourth-order valence-electron chi connectivity index (χ4n) is 2.31. The van der Waals surface area contributed by atoms with E-state index in [0.717, 1.165) is 6.42 Å². The number of pyridine rings is 1. The minimum Gasteiger partial charge on any atom is -0.395 e. The lowest BCUT2D eigenvalue weighted by Crippen LogP contribution is -2.39. The highest BCUT2D eigenvalue weighted by Gasteiger charge is 2.32. The summed E-state index contributed by atoms with van der Waals surface area (Å²) in [6.45, 7) is 0.866. The summed E-state index contributed by atoms with van der Waals surface area (Å²) in [6, 6.07) is 3.27. The number of ether oxygens (including phenoxy) is 1. The summed E-state index contributed by atoms with van der Waals surface area (Å²) >= 11 is 5.73. The Morgan fingerprint density at radius 3 is 3.05 bits per heavy atom. The van der Waals surface area contributed by atoms with Crippen molar-refractivity contribution in [1.82, 2.24) is 9.88 Å². The molecule has 1 saturated heterocycles. The SMILES string of the molecule is CO[C@H]1C[C@@H](CO)N(CC(=O)Nc2ccc(Cl)cn2)C1. The Bertz CT molecular complexity index is 455. The van der Waals surface area contributed by atoms with Crippen molar-refractivity contribution in [3.05, 3.63) is 23.4 Å². The largest absolute Gasteiger partial charge is 0.395 e. The molecule has 2 N–H and O–H groups in total. The van der Waals surface area contributed by atoms with Gasteiger partial charge in [-0.2, -0.15) is 0 Å². The molecule has 0 aromatic carbocycles. The monoisotopic (exact) mass is 299 g/mol. The molecule has 2 heterocycles. The van der Waals surface area contributed by atoms with E-state index in [4.69, 9.17) is 16.3 Å². The van der Waals surface area contributed by atoms with Crippen LogP contribution in [0.3, 0.4) is 0 Å². The molecule has 7 heteroatoms. The van der Waals surface area contributed by atoms with Crippen molar-refractivity contribution in [2.24, 2.45) is 0 Å². The molecule has 1 aliphatic rings. The first-order valence-corrected chi connectivity index (χ1v) is 6.79. The standard InChI is InChI=1S/C13H18ClN3O3/c1-20-11-4-10(8-18)17(6-11)7-13(19)16-12-3-2-9(14)5-15-12/h2-3,5,10-11,18H,4,6-8H2,1H3,(H,15,16,19)/t10-,11-/m0/s1. The number of aliphatic hydroxyl groups is 1. The van der Waals surface area contributed by atoms with Crippen molar-refractivity contribution in [2.45, 2.75) is 18.6 Å². The number of amides is 1. The fourth-order valence-corrected chi connectivity index (χ4v) is 2.42. The molecular weight excluding hydrogens is 282 g/mol. The van der Waals surface area contributed by atoms with Crippen LogP contribution in [-0.2, 0) is 9.53 Å². The zero-order chi connectivity index (χ0) is 14.5. The molecule has 6 nitrogen and oxygen atoms in total. The Labute approximate surface area is 122 Å². The maximum atomic E-state index is 12.0. The van der Waals surface area contributed by atoms with Gasteiger partial charge in [-0.1, -0.05) is 11.6 Å². The van der Waals surface area contributed by atoms with Gasteiger partial charge in [-0.15, -0.1) is 0 Å². The molecule has 20 heavy (non-hydrogen) atoms. The average Bonchev–Trinajstić information content (AvgIpc) is 2.83. The number of aliphatic hydroxyl groups excluding tert-OH is 1. The number of carbonyl (C=O) groups is 1. The molecule has 0 bridgehead atoms. The summed E-state index contributed by atoms with van der Waals surface area (Å²) in [4.78, 5) is 17.9. The number of hydrogen-bond donors (Lipinski definition) is 2. The molecule has 0 radical (unpaired) electrons. The van der Waals surface area contributed by atoms with E-state index in [-0.39, 0.29) is 31.2 Å². The van der Waals surface area contributed by atoms with Gasteiger partial charge in [-0.05, 0) is 18.6 Å². The molecule has 1 amide bonds. The molecule has 1 aliphatic heterocycles. The third kappa shape index (κ3) is 3.89. The number of halogens is 1. The normalized spacial score (nSPS) is 22.9. The summed E-state index contributed by atoms with van der Waals surface area (Å²) < 4.78 is 5.27. The number of aromatic nitrogens is 1. The lowest BCUT2D eigenvalue weighted by Gasteiger charge is -2.21. The Kier molecular flexibility index (Phi) is 5.31. The van der Waals surface area contributed by atoms with Crippen LogP contribution in [0.4, 0.5) is 5.82 Å². The van der Waals surface area contributed by atoms with E-state index in [0.29, 0.717) is 17.4 Å². The Morgan fingerprint density at radius 1 is 1.65 bits per heavy atom. The van der Waals surface area contributed by atoms with Crippen molar-refractivity contribution >= 4 is 23.3 Å². The van der Waals surface area contributed by atoms with Crippen molar-refractivity contribution in [1.29, 1.82) is 0 Å². The number of nitrogens with zero attached hydrogens (tertiary/aromatic N) is 2. The Hall–Kier alpha value is -1.21. The number of carbonyl (C=O) groups excluding carboxylic acids is 1. The van der Waals surface area contributed by atoms with E-state index < -0.39 is 0 Å². The van der Waals surface area contributed by atoms with Crippen molar-refractivity contribution in [2.75, 3.05) is 32.1 Å². The van der Waals surface area contributed by atoms with E-state index in [1.54, 1.807) is 19.2 Å². The molecule has 110 valence electrons. The van der Waals surface area contributed by atoms with E-state index in [9.17, 15) is 9.90 Å². The van der Waals surface area contributed by atoms with Gasteiger partial charge >= 0.3 is 0 Å². The first kappa shape index (κ1) is 15.2. The first-order chi connectivity index (χ1) is 9.62. The number of hydrogen-bond acceptors (Lipinski definition) is 5. The third-order valence-corrected chi connectivity index (χ3v) is 3.60. The smallest absolute Gasteiger partial charge is 0.239 e. The highest BCUT2D eigenvalue weighted by molar-refractivity contribution is 6.30. The predicted molar refractivity (Wildman–Crippen MR) is 75.7 cm³/mol. The van der Waals surface area contributed by atoms with Crippen LogP contribution in [0.25, 0.3) is 0 Å². The number of nitrogens with one attached hydrogen (secondary N) is 1. The van der Waals surface area contributed by atoms with Crippen molar-refractivity contribution in [3.63, 3.8) is 0 Å². The Balaban J connectivity index is 1.89. The lowest BCUT2D eigenvalue weighted by atomic mass is 10.2. The van der Waals surface area contributed by atoms with Crippen LogP contribution < -0.4 is 5.32 Å². The molecule has 0 unspecified atom stereocenters. The maximum absolute atomic E-state index is 12.0. The second kappa shape index (κ2) is 6.99. The highest BCUT2D eigenvalue weighted by Crippen LogP contribution is 2.19. The summed E-state index contributed by atoms with van der Waals surface area (Å²) in [6.07, 6.45) is 2.28. The van der Waals surface area contributed by atoms with Crippen molar-refractivity contribution < 1.29 is 14.6 Å². The molecular formula is C13H18ClN3O3. The second-order valence-corrected chi connectivity index (χ2v) is 5.21. The van der Waals surface area contributed by atoms with Crippen molar-refractivity contribution in [3.8, 4) is 0 Å². The highest BCUT2D eigenvalue weighted by atomic mass is 35.5. The van der Waals surface area contributed by atoms with Gasteiger partial charge in [-0.25, -0.2) is 4.98 Å². The van der Waals surface area contributed by atoms with Gasteiger partial charge in [-0.3, -0.25) is 9.69 Å². The molecule has 2 rings (SSSR count). The quantitative estimate of drug-likeness (QED) is 0.839. The zero-order valence-electron chi connectivity index (χ0n) is 11.3. The third-order valence-electron chi connectivity index (χ3n) is 3.38. The van der Waals surface area contributed by atoms with E-state index >= 15 is 0 Å². The van der Waals surface area contributed by atoms with E-state index in [1.807, 2.05) is 4.90 Å². The van der Waals surface area contributed by atoms with Gasteiger partial charge in [0.25, 0.3) is 0 Å². The van der Waals surface area contributed by atoms with Crippen LogP contribution >= 0.6 is 11.6 Å². The zero-order valence-corrected chi connectivity index (χ0v) is 12.0. The minimum absolute atomic E-state index is 0.0202. The molecule has 1 aromatic heterocycles. The lowest BCUT2D eigenvalue weighted by molar-refractivity contribution is -0.117. The van der Waals surface area contributed by atoms with Crippen LogP contribution in [0.15, 0.2) is 18.3 Å².